The SMILES string of the molecule is CCCCCCCOc1ccc(-c2ccc(-c3c[c-]c4cc(F)ccc4n3)cc2)cc1.[Co]. The van der Waals surface area contributed by atoms with Crippen molar-refractivity contribution in [3.8, 4) is 28.1 Å². The molecule has 0 bridgehead atoms. The number of pyridine rings is 1. The average molecular weight is 471 g/mol. The van der Waals surface area contributed by atoms with Crippen LogP contribution in [-0.2, 0) is 16.8 Å². The van der Waals surface area contributed by atoms with E-state index in [0.717, 1.165) is 46.7 Å². The largest absolute Gasteiger partial charge is 0.494 e. The maximum atomic E-state index is 13.4. The maximum absolute atomic E-state index is 13.4. The van der Waals surface area contributed by atoms with Crippen molar-refractivity contribution in [3.05, 3.63) is 84.7 Å². The first-order chi connectivity index (χ1) is 15.2. The third kappa shape index (κ3) is 6.18. The Morgan fingerprint density at radius 1 is 0.812 bits per heavy atom. The number of halogens is 1. The number of hydrogen-bond donors (Lipinski definition) is 0. The fraction of sp³-hybridized carbons (Fsp3) is 0.250. The average Bonchev–Trinajstić information content (AvgIpc) is 2.81. The van der Waals surface area contributed by atoms with E-state index < -0.39 is 0 Å². The van der Waals surface area contributed by atoms with Gasteiger partial charge in [-0.15, -0.1) is 17.5 Å². The normalized spacial score (nSPS) is 10.7. The van der Waals surface area contributed by atoms with Crippen LogP contribution in [0.2, 0.25) is 0 Å². The molecule has 32 heavy (non-hydrogen) atoms. The number of rotatable bonds is 9. The summed E-state index contributed by atoms with van der Waals surface area (Å²) in [6.45, 7) is 3.01. The van der Waals surface area contributed by atoms with Gasteiger partial charge in [-0.25, -0.2) is 4.39 Å². The minimum atomic E-state index is -0.272. The molecule has 1 aromatic heterocycles. The monoisotopic (exact) mass is 471 g/mol. The van der Waals surface area contributed by atoms with E-state index in [4.69, 9.17) is 4.74 Å². The first kappa shape index (κ1) is 24.0. The summed E-state index contributed by atoms with van der Waals surface area (Å²) in [6.07, 6.45) is 6.21. The molecule has 0 spiro atoms. The van der Waals surface area contributed by atoms with E-state index in [1.807, 2.05) is 18.2 Å². The zero-order valence-corrected chi connectivity index (χ0v) is 19.3. The van der Waals surface area contributed by atoms with Gasteiger partial charge in [-0.3, -0.25) is 0 Å². The van der Waals surface area contributed by atoms with Crippen molar-refractivity contribution in [2.24, 2.45) is 0 Å². The van der Waals surface area contributed by atoms with E-state index in [1.54, 1.807) is 6.07 Å². The van der Waals surface area contributed by atoms with E-state index in [-0.39, 0.29) is 22.6 Å². The number of fused-ring (bicyclic) bond motifs is 1. The van der Waals surface area contributed by atoms with E-state index in [2.05, 4.69) is 54.4 Å². The van der Waals surface area contributed by atoms with Crippen molar-refractivity contribution in [3.63, 3.8) is 0 Å². The number of benzene rings is 3. The van der Waals surface area contributed by atoms with Crippen molar-refractivity contribution in [1.29, 1.82) is 0 Å². The summed E-state index contributed by atoms with van der Waals surface area (Å²) in [4.78, 5) is 4.64. The van der Waals surface area contributed by atoms with Gasteiger partial charge in [0.1, 0.15) is 5.75 Å². The fourth-order valence-corrected chi connectivity index (χ4v) is 3.65. The molecule has 0 amide bonds. The minimum absolute atomic E-state index is 0. The molecule has 0 aliphatic heterocycles. The van der Waals surface area contributed by atoms with Gasteiger partial charge in [0.25, 0.3) is 0 Å². The summed E-state index contributed by atoms with van der Waals surface area (Å²) >= 11 is 0. The Balaban J connectivity index is 0.00000289. The van der Waals surface area contributed by atoms with E-state index in [0.29, 0.717) is 5.39 Å². The number of hydrogen-bond acceptors (Lipinski definition) is 2. The van der Waals surface area contributed by atoms with Gasteiger partial charge in [0.2, 0.25) is 0 Å². The Morgan fingerprint density at radius 2 is 1.47 bits per heavy atom. The first-order valence-corrected chi connectivity index (χ1v) is 11.0. The maximum Gasteiger partial charge on any atom is 0.119 e. The van der Waals surface area contributed by atoms with Crippen LogP contribution >= 0.6 is 0 Å². The van der Waals surface area contributed by atoms with Gasteiger partial charge in [-0.1, -0.05) is 81.1 Å². The molecule has 0 aliphatic carbocycles. The second-order valence-electron chi connectivity index (χ2n) is 7.81. The van der Waals surface area contributed by atoms with Gasteiger partial charge < -0.3 is 9.72 Å². The van der Waals surface area contributed by atoms with E-state index in [1.165, 1.54) is 37.8 Å². The quantitative estimate of drug-likeness (QED) is 0.183. The van der Waals surface area contributed by atoms with Gasteiger partial charge in [-0.2, -0.15) is 0 Å². The minimum Gasteiger partial charge on any atom is -0.494 e. The Hall–Kier alpha value is -2.69. The number of nitrogens with zero attached hydrogens (tertiary/aromatic N) is 1. The second-order valence-corrected chi connectivity index (χ2v) is 7.81. The second kappa shape index (κ2) is 11.8. The van der Waals surface area contributed by atoms with Gasteiger partial charge >= 0.3 is 0 Å². The van der Waals surface area contributed by atoms with Crippen LogP contribution in [0.25, 0.3) is 33.3 Å². The van der Waals surface area contributed by atoms with Crippen LogP contribution in [0.1, 0.15) is 39.0 Å². The Bertz CT molecular complexity index is 1130. The van der Waals surface area contributed by atoms with Crippen molar-refractivity contribution in [1.82, 2.24) is 4.98 Å². The first-order valence-electron chi connectivity index (χ1n) is 11.0. The Labute approximate surface area is 200 Å². The topological polar surface area (TPSA) is 22.1 Å². The Kier molecular flexibility index (Phi) is 8.83. The molecular formula is C28H27CoFNO-. The molecule has 4 rings (SSSR count). The fourth-order valence-electron chi connectivity index (χ4n) is 3.65. The smallest absolute Gasteiger partial charge is 0.119 e. The predicted molar refractivity (Wildman–Crippen MR) is 126 cm³/mol. The van der Waals surface area contributed by atoms with Crippen LogP contribution in [-0.4, -0.2) is 11.6 Å². The number of unbranched alkanes of at least 4 members (excludes halogenated alkanes) is 4. The summed E-state index contributed by atoms with van der Waals surface area (Å²) in [7, 11) is 0. The summed E-state index contributed by atoms with van der Waals surface area (Å²) in [5, 5.41) is 0.684. The van der Waals surface area contributed by atoms with Crippen LogP contribution in [0.5, 0.6) is 5.75 Å². The zero-order chi connectivity index (χ0) is 21.5. The van der Waals surface area contributed by atoms with Crippen LogP contribution in [0.3, 0.4) is 0 Å². The molecule has 0 unspecified atom stereocenters. The predicted octanol–water partition coefficient (Wildman–Crippen LogP) is 7.85. The molecule has 167 valence electrons. The van der Waals surface area contributed by atoms with E-state index >= 15 is 0 Å². The summed E-state index contributed by atoms with van der Waals surface area (Å²) in [6, 6.07) is 26.1. The standard InChI is InChI=1S/C28H27FNO.Co/c1-2-3-4-5-6-19-31-26-15-11-22(12-16-26)21-7-9-23(10-8-21)27-17-13-24-20-25(29)14-18-28(24)30-27;/h7-12,14-18,20H,2-6,19H2,1H3;/q-1;. The molecule has 3 aromatic carbocycles. The third-order valence-electron chi connectivity index (χ3n) is 5.45. The van der Waals surface area contributed by atoms with Crippen molar-refractivity contribution in [2.45, 2.75) is 39.0 Å². The number of aromatic nitrogens is 1. The molecule has 1 radical (unpaired) electrons. The van der Waals surface area contributed by atoms with Gasteiger partial charge in [0.15, 0.2) is 0 Å². The molecule has 4 heteroatoms. The summed E-state index contributed by atoms with van der Waals surface area (Å²) in [5.74, 6) is 0.647. The van der Waals surface area contributed by atoms with E-state index in [9.17, 15) is 4.39 Å². The van der Waals surface area contributed by atoms with Crippen molar-refractivity contribution >= 4 is 10.9 Å². The Morgan fingerprint density at radius 3 is 2.19 bits per heavy atom. The van der Waals surface area contributed by atoms with Crippen molar-refractivity contribution in [2.75, 3.05) is 6.61 Å². The molecule has 0 N–H and O–H groups in total. The van der Waals surface area contributed by atoms with Crippen LogP contribution < -0.4 is 4.74 Å². The third-order valence-corrected chi connectivity index (χ3v) is 5.45. The molecule has 4 aromatic rings. The molecular weight excluding hydrogens is 444 g/mol. The zero-order valence-electron chi connectivity index (χ0n) is 18.2. The van der Waals surface area contributed by atoms with Crippen LogP contribution in [0, 0.1) is 11.9 Å². The summed E-state index contributed by atoms with van der Waals surface area (Å²) in [5.41, 5.74) is 4.86. The molecule has 1 heterocycles. The molecule has 2 nitrogen and oxygen atoms in total. The molecule has 0 atom stereocenters. The van der Waals surface area contributed by atoms with Gasteiger partial charge in [0.05, 0.1) is 12.4 Å². The van der Waals surface area contributed by atoms with Crippen molar-refractivity contribution < 1.29 is 25.9 Å². The molecule has 0 fully saturated rings. The molecule has 0 aliphatic rings. The number of ether oxygens (including phenoxy) is 1. The van der Waals surface area contributed by atoms with Crippen LogP contribution in [0.15, 0.2) is 72.8 Å². The molecule has 0 saturated heterocycles. The van der Waals surface area contributed by atoms with Crippen LogP contribution in [0.4, 0.5) is 4.39 Å². The van der Waals surface area contributed by atoms with Gasteiger partial charge in [-0.05, 0) is 52.5 Å². The van der Waals surface area contributed by atoms with Gasteiger partial charge in [0, 0.05) is 16.8 Å². The summed E-state index contributed by atoms with van der Waals surface area (Å²) < 4.78 is 19.2. The molecule has 0 saturated carbocycles.